The van der Waals surface area contributed by atoms with E-state index in [2.05, 4.69) is 15.1 Å². The molecule has 0 fully saturated rings. The number of aryl methyl sites for hydroxylation is 1. The van der Waals surface area contributed by atoms with Crippen molar-refractivity contribution in [3.8, 4) is 11.3 Å². The van der Waals surface area contributed by atoms with Gasteiger partial charge in [0.05, 0.1) is 15.8 Å². The zero-order chi connectivity index (χ0) is 14.6. The van der Waals surface area contributed by atoms with Crippen LogP contribution in [0.15, 0.2) is 30.7 Å². The van der Waals surface area contributed by atoms with E-state index in [4.69, 9.17) is 11.6 Å². The van der Waals surface area contributed by atoms with Gasteiger partial charge in [-0.3, -0.25) is 0 Å². The summed E-state index contributed by atoms with van der Waals surface area (Å²) in [7, 11) is -4.17. The van der Waals surface area contributed by atoms with Crippen LogP contribution >= 0.6 is 11.6 Å². The minimum atomic E-state index is -4.17. The Labute approximate surface area is 121 Å². The number of aromatic nitrogens is 4. The smallest absolute Gasteiger partial charge is 0.222 e. The molecule has 2 aromatic heterocycles. The van der Waals surface area contributed by atoms with E-state index in [0.29, 0.717) is 12.2 Å². The first kappa shape index (κ1) is 14.8. The van der Waals surface area contributed by atoms with Crippen LogP contribution in [-0.2, 0) is 16.7 Å². The van der Waals surface area contributed by atoms with E-state index in [-0.39, 0.29) is 11.7 Å². The topological polar surface area (TPSA) is 99.8 Å². The lowest BCUT2D eigenvalue weighted by atomic mass is 10.2. The summed E-state index contributed by atoms with van der Waals surface area (Å²) < 4.78 is 33.0. The molecule has 0 saturated heterocycles. The maximum atomic E-state index is 10.5. The molecule has 2 aromatic rings. The van der Waals surface area contributed by atoms with E-state index in [9.17, 15) is 13.0 Å². The Bertz CT molecular complexity index is 691. The first-order chi connectivity index (χ1) is 9.44. The molecule has 7 nitrogen and oxygen atoms in total. The second-order valence-electron chi connectivity index (χ2n) is 4.00. The molecule has 0 amide bonds. The van der Waals surface area contributed by atoms with Crippen LogP contribution in [0.1, 0.15) is 6.42 Å². The van der Waals surface area contributed by atoms with Gasteiger partial charge in [-0.2, -0.15) is 0 Å². The van der Waals surface area contributed by atoms with Crippen LogP contribution in [0.3, 0.4) is 0 Å². The molecule has 0 aliphatic carbocycles. The predicted molar refractivity (Wildman–Crippen MR) is 69.6 cm³/mol. The van der Waals surface area contributed by atoms with E-state index >= 15 is 0 Å². The van der Waals surface area contributed by atoms with Gasteiger partial charge >= 0.3 is 0 Å². The standard InChI is InChI=1S/C11H11ClN4O3S/c12-11-13-4-2-10(15-11)9-3-6-16(14-8-9)5-1-7-20(17,18)19/h2-4,6,8H,1,5,7H2. The summed E-state index contributed by atoms with van der Waals surface area (Å²) >= 11 is 5.70. The Balaban J connectivity index is 2.03. The monoisotopic (exact) mass is 314 g/mol. The third kappa shape index (κ3) is 4.48. The normalized spacial score (nSPS) is 11.5. The third-order valence-corrected chi connectivity index (χ3v) is 3.45. The molecule has 9 heteroatoms. The van der Waals surface area contributed by atoms with Gasteiger partial charge in [0.15, 0.2) is 12.7 Å². The van der Waals surface area contributed by atoms with Crippen molar-refractivity contribution in [3.63, 3.8) is 0 Å². The van der Waals surface area contributed by atoms with Gasteiger partial charge in [0.1, 0.15) is 6.20 Å². The van der Waals surface area contributed by atoms with Crippen molar-refractivity contribution in [1.82, 2.24) is 15.1 Å². The molecule has 0 aromatic carbocycles. The Morgan fingerprint density at radius 3 is 2.75 bits per heavy atom. The Kier molecular flexibility index (Phi) is 4.58. The summed E-state index contributed by atoms with van der Waals surface area (Å²) in [6.45, 7) is 0.353. The van der Waals surface area contributed by atoms with E-state index in [1.807, 2.05) is 0 Å². The van der Waals surface area contributed by atoms with Gasteiger partial charge in [0.2, 0.25) is 5.28 Å². The van der Waals surface area contributed by atoms with Crippen LogP contribution in [0.5, 0.6) is 0 Å². The Morgan fingerprint density at radius 1 is 1.35 bits per heavy atom. The Morgan fingerprint density at radius 2 is 2.15 bits per heavy atom. The summed E-state index contributed by atoms with van der Waals surface area (Å²) in [6, 6.07) is 3.48. The second-order valence-corrected chi connectivity index (χ2v) is 5.87. The fraction of sp³-hybridized carbons (Fsp3) is 0.273. The molecule has 0 unspecified atom stereocenters. The van der Waals surface area contributed by atoms with Crippen LogP contribution < -0.4 is 4.68 Å². The molecular formula is C11H11ClN4O3S. The van der Waals surface area contributed by atoms with Crippen molar-refractivity contribution in [3.05, 3.63) is 36.0 Å². The van der Waals surface area contributed by atoms with Crippen LogP contribution in [0.4, 0.5) is 0 Å². The number of halogens is 1. The first-order valence-electron chi connectivity index (χ1n) is 5.72. The Hall–Kier alpha value is -1.64. The quantitative estimate of drug-likeness (QED) is 0.450. The fourth-order valence-corrected chi connectivity index (χ4v) is 2.20. The summed E-state index contributed by atoms with van der Waals surface area (Å²) in [5.41, 5.74) is 1.41. The fourth-order valence-electron chi connectivity index (χ4n) is 1.57. The molecule has 2 rings (SSSR count). The van der Waals surface area contributed by atoms with Crippen molar-refractivity contribution in [2.75, 3.05) is 5.75 Å². The zero-order valence-electron chi connectivity index (χ0n) is 10.3. The molecule has 0 aliphatic heterocycles. The second kappa shape index (κ2) is 6.21. The summed E-state index contributed by atoms with van der Waals surface area (Å²) in [4.78, 5) is 7.84. The number of hydrogen-bond acceptors (Lipinski definition) is 6. The van der Waals surface area contributed by atoms with Gasteiger partial charge in [-0.1, -0.05) is 4.68 Å². The van der Waals surface area contributed by atoms with Gasteiger partial charge in [0.25, 0.3) is 0 Å². The number of nitrogens with zero attached hydrogens (tertiary/aromatic N) is 4. The summed E-state index contributed by atoms with van der Waals surface area (Å²) in [5.74, 6) is -0.398. The van der Waals surface area contributed by atoms with E-state index in [1.54, 1.807) is 35.4 Å². The minimum Gasteiger partial charge on any atom is -0.748 e. The third-order valence-electron chi connectivity index (χ3n) is 2.47. The first-order valence-corrected chi connectivity index (χ1v) is 7.68. The maximum Gasteiger partial charge on any atom is 0.222 e. The van der Waals surface area contributed by atoms with Crippen LogP contribution in [0.25, 0.3) is 11.3 Å². The maximum absolute atomic E-state index is 10.5. The average Bonchev–Trinajstić information content (AvgIpc) is 2.38. The van der Waals surface area contributed by atoms with Gasteiger partial charge in [0, 0.05) is 30.0 Å². The zero-order valence-corrected chi connectivity index (χ0v) is 11.9. The molecule has 0 aliphatic rings. The molecule has 0 spiro atoms. The number of hydrogen-bond donors (Lipinski definition) is 0. The molecule has 20 heavy (non-hydrogen) atoms. The van der Waals surface area contributed by atoms with Gasteiger partial charge in [-0.05, 0) is 22.8 Å². The van der Waals surface area contributed by atoms with Crippen molar-refractivity contribution < 1.29 is 17.7 Å². The summed E-state index contributed by atoms with van der Waals surface area (Å²) in [6.07, 6.45) is 5.04. The van der Waals surface area contributed by atoms with E-state index < -0.39 is 15.9 Å². The van der Waals surface area contributed by atoms with Crippen molar-refractivity contribution in [1.29, 1.82) is 0 Å². The molecule has 0 radical (unpaired) electrons. The highest BCUT2D eigenvalue weighted by molar-refractivity contribution is 7.85. The largest absolute Gasteiger partial charge is 0.748 e. The predicted octanol–water partition coefficient (Wildman–Crippen LogP) is 0.415. The van der Waals surface area contributed by atoms with Crippen LogP contribution in [-0.4, -0.2) is 33.8 Å². The molecule has 2 heterocycles. The van der Waals surface area contributed by atoms with Crippen molar-refractivity contribution in [2.24, 2.45) is 0 Å². The van der Waals surface area contributed by atoms with Gasteiger partial charge in [-0.15, -0.1) is 0 Å². The SMILES string of the molecule is O=S(=O)([O-])CCC[n+]1ccc(-c2ccnc(Cl)n2)cn1. The lowest BCUT2D eigenvalue weighted by Gasteiger charge is -2.03. The van der Waals surface area contributed by atoms with Crippen molar-refractivity contribution in [2.45, 2.75) is 13.0 Å². The lowest BCUT2D eigenvalue weighted by molar-refractivity contribution is -0.753. The van der Waals surface area contributed by atoms with E-state index in [0.717, 1.165) is 5.56 Å². The highest BCUT2D eigenvalue weighted by atomic mass is 35.5. The highest BCUT2D eigenvalue weighted by Crippen LogP contribution is 2.14. The highest BCUT2D eigenvalue weighted by Gasteiger charge is 2.07. The average molecular weight is 315 g/mol. The molecular weight excluding hydrogens is 304 g/mol. The van der Waals surface area contributed by atoms with Crippen molar-refractivity contribution >= 4 is 21.7 Å². The van der Waals surface area contributed by atoms with E-state index in [1.165, 1.54) is 0 Å². The molecule has 106 valence electrons. The van der Waals surface area contributed by atoms with Crippen LogP contribution in [0, 0.1) is 0 Å². The molecule has 0 saturated carbocycles. The lowest BCUT2D eigenvalue weighted by Crippen LogP contribution is -2.38. The molecule has 0 atom stereocenters. The van der Waals surface area contributed by atoms with Crippen LogP contribution in [0.2, 0.25) is 5.28 Å². The molecule has 0 N–H and O–H groups in total. The minimum absolute atomic E-state index is 0.153. The van der Waals surface area contributed by atoms with Gasteiger partial charge in [-0.25, -0.2) is 18.4 Å². The number of rotatable bonds is 5. The molecule has 0 bridgehead atoms. The van der Waals surface area contributed by atoms with Gasteiger partial charge < -0.3 is 4.55 Å². The summed E-state index contributed by atoms with van der Waals surface area (Å²) in [5, 5.41) is 4.27.